The van der Waals surface area contributed by atoms with Crippen LogP contribution in [0, 0.1) is 5.92 Å². The molecule has 2 fully saturated rings. The molecule has 2 rings (SSSR count). The Bertz CT molecular complexity index is 161. The van der Waals surface area contributed by atoms with Gasteiger partial charge in [-0.2, -0.15) is 0 Å². The number of nitrogens with zero attached hydrogens (tertiary/aromatic N) is 1. The molecule has 2 heteroatoms. The third kappa shape index (κ3) is 1.09. The SMILES string of the molecule is CC(C)(C)N1C[C@H]2COC[C@H]21. The number of hydrogen-bond donors (Lipinski definition) is 0. The Morgan fingerprint density at radius 1 is 1.27 bits per heavy atom. The quantitative estimate of drug-likeness (QED) is 0.519. The lowest BCUT2D eigenvalue weighted by molar-refractivity contribution is -0.0273. The van der Waals surface area contributed by atoms with Crippen LogP contribution in [0.1, 0.15) is 20.8 Å². The molecule has 0 N–H and O–H groups in total. The van der Waals surface area contributed by atoms with Crippen LogP contribution in [0.4, 0.5) is 0 Å². The number of likely N-dealkylation sites (tertiary alicyclic amines) is 1. The maximum atomic E-state index is 5.42. The zero-order valence-electron chi connectivity index (χ0n) is 7.63. The lowest BCUT2D eigenvalue weighted by atomic mass is 9.86. The van der Waals surface area contributed by atoms with Crippen molar-refractivity contribution in [3.05, 3.63) is 0 Å². The molecule has 11 heavy (non-hydrogen) atoms. The molecule has 0 unspecified atom stereocenters. The van der Waals surface area contributed by atoms with Gasteiger partial charge in [0, 0.05) is 24.0 Å². The van der Waals surface area contributed by atoms with Crippen molar-refractivity contribution in [1.29, 1.82) is 0 Å². The molecule has 64 valence electrons. The van der Waals surface area contributed by atoms with E-state index in [1.54, 1.807) is 0 Å². The molecule has 0 saturated carbocycles. The van der Waals surface area contributed by atoms with Crippen molar-refractivity contribution in [3.63, 3.8) is 0 Å². The highest BCUT2D eigenvalue weighted by Crippen LogP contribution is 2.35. The van der Waals surface area contributed by atoms with E-state index in [2.05, 4.69) is 25.7 Å². The summed E-state index contributed by atoms with van der Waals surface area (Å²) in [5.74, 6) is 0.842. The summed E-state index contributed by atoms with van der Waals surface area (Å²) < 4.78 is 5.42. The minimum Gasteiger partial charge on any atom is -0.379 e. The molecule has 2 atom stereocenters. The minimum atomic E-state index is 0.342. The highest BCUT2D eigenvalue weighted by molar-refractivity contribution is 5.00. The lowest BCUT2D eigenvalue weighted by Crippen LogP contribution is -2.62. The number of rotatable bonds is 0. The van der Waals surface area contributed by atoms with Gasteiger partial charge in [-0.15, -0.1) is 0 Å². The zero-order chi connectivity index (χ0) is 8.06. The first-order valence-electron chi connectivity index (χ1n) is 4.43. The second-order valence-corrected chi connectivity index (χ2v) is 4.69. The molecule has 0 aromatic carbocycles. The molecule has 2 saturated heterocycles. The average Bonchev–Trinajstić information content (AvgIpc) is 2.08. The first-order chi connectivity index (χ1) is 5.09. The normalized spacial score (nSPS) is 38.5. The third-order valence-corrected chi connectivity index (χ3v) is 2.86. The Balaban J connectivity index is 2.00. The average molecular weight is 155 g/mol. The molecular weight excluding hydrogens is 138 g/mol. The summed E-state index contributed by atoms with van der Waals surface area (Å²) in [6.07, 6.45) is 0. The zero-order valence-corrected chi connectivity index (χ0v) is 7.63. The van der Waals surface area contributed by atoms with Crippen LogP contribution in [-0.4, -0.2) is 36.2 Å². The maximum absolute atomic E-state index is 5.42. The predicted molar refractivity (Wildman–Crippen MR) is 44.6 cm³/mol. The van der Waals surface area contributed by atoms with Gasteiger partial charge in [-0.25, -0.2) is 0 Å². The van der Waals surface area contributed by atoms with E-state index in [4.69, 9.17) is 4.74 Å². The van der Waals surface area contributed by atoms with Gasteiger partial charge in [0.1, 0.15) is 0 Å². The summed E-state index contributed by atoms with van der Waals surface area (Å²) in [5.41, 5.74) is 0.342. The monoisotopic (exact) mass is 155 g/mol. The number of ether oxygens (including phenoxy) is 1. The van der Waals surface area contributed by atoms with Gasteiger partial charge in [0.25, 0.3) is 0 Å². The summed E-state index contributed by atoms with van der Waals surface area (Å²) in [6.45, 7) is 10.0. The molecule has 0 radical (unpaired) electrons. The summed E-state index contributed by atoms with van der Waals surface area (Å²) in [5, 5.41) is 0. The van der Waals surface area contributed by atoms with E-state index < -0.39 is 0 Å². The van der Waals surface area contributed by atoms with Crippen molar-refractivity contribution in [1.82, 2.24) is 4.90 Å². The first-order valence-corrected chi connectivity index (χ1v) is 4.43. The van der Waals surface area contributed by atoms with Crippen molar-refractivity contribution < 1.29 is 4.74 Å². The summed E-state index contributed by atoms with van der Waals surface area (Å²) in [6, 6.07) is 0.731. The van der Waals surface area contributed by atoms with E-state index in [0.29, 0.717) is 5.54 Å². The van der Waals surface area contributed by atoms with Crippen molar-refractivity contribution >= 4 is 0 Å². The second kappa shape index (κ2) is 2.20. The summed E-state index contributed by atoms with van der Waals surface area (Å²) in [4.78, 5) is 2.55. The van der Waals surface area contributed by atoms with Crippen molar-refractivity contribution in [3.8, 4) is 0 Å². The largest absolute Gasteiger partial charge is 0.379 e. The molecule has 0 aromatic rings. The fraction of sp³-hybridized carbons (Fsp3) is 1.00. The molecule has 2 aliphatic rings. The van der Waals surface area contributed by atoms with Crippen LogP contribution < -0.4 is 0 Å². The van der Waals surface area contributed by atoms with Crippen LogP contribution in [0.3, 0.4) is 0 Å². The first kappa shape index (κ1) is 7.56. The Kier molecular flexibility index (Phi) is 1.52. The van der Waals surface area contributed by atoms with Gasteiger partial charge in [0.15, 0.2) is 0 Å². The second-order valence-electron chi connectivity index (χ2n) is 4.69. The standard InChI is InChI=1S/C9H17NO/c1-9(2,3)10-4-7-5-11-6-8(7)10/h7-8H,4-6H2,1-3H3/t7-,8+/m0/s1. The van der Waals surface area contributed by atoms with E-state index in [-0.39, 0.29) is 0 Å². The molecule has 0 bridgehead atoms. The molecule has 0 aliphatic carbocycles. The topological polar surface area (TPSA) is 12.5 Å². The predicted octanol–water partition coefficient (Wildman–Crippen LogP) is 1.12. The van der Waals surface area contributed by atoms with Gasteiger partial charge in [-0.3, -0.25) is 4.90 Å². The van der Waals surface area contributed by atoms with Crippen molar-refractivity contribution in [2.24, 2.45) is 5.92 Å². The van der Waals surface area contributed by atoms with Gasteiger partial charge < -0.3 is 4.74 Å². The molecule has 2 heterocycles. The highest BCUT2D eigenvalue weighted by Gasteiger charge is 2.47. The van der Waals surface area contributed by atoms with E-state index in [0.717, 1.165) is 25.2 Å². The molecule has 2 nitrogen and oxygen atoms in total. The molecular formula is C9H17NO. The van der Waals surface area contributed by atoms with E-state index in [1.165, 1.54) is 6.54 Å². The Hall–Kier alpha value is -0.0800. The van der Waals surface area contributed by atoms with Crippen molar-refractivity contribution in [2.45, 2.75) is 32.4 Å². The fourth-order valence-electron chi connectivity index (χ4n) is 2.13. The van der Waals surface area contributed by atoms with Crippen LogP contribution >= 0.6 is 0 Å². The van der Waals surface area contributed by atoms with E-state index in [1.807, 2.05) is 0 Å². The molecule has 0 spiro atoms. The van der Waals surface area contributed by atoms with Gasteiger partial charge in [-0.05, 0) is 20.8 Å². The van der Waals surface area contributed by atoms with Gasteiger partial charge >= 0.3 is 0 Å². The molecule has 2 aliphatic heterocycles. The Morgan fingerprint density at radius 2 is 2.00 bits per heavy atom. The van der Waals surface area contributed by atoms with Crippen molar-refractivity contribution in [2.75, 3.05) is 19.8 Å². The van der Waals surface area contributed by atoms with Crippen LogP contribution in [0.25, 0.3) is 0 Å². The Labute approximate surface area is 68.5 Å². The van der Waals surface area contributed by atoms with Crippen LogP contribution in [0.15, 0.2) is 0 Å². The van der Waals surface area contributed by atoms with Crippen LogP contribution in [0.2, 0.25) is 0 Å². The van der Waals surface area contributed by atoms with Gasteiger partial charge in [0.05, 0.1) is 13.2 Å². The van der Waals surface area contributed by atoms with E-state index >= 15 is 0 Å². The summed E-state index contributed by atoms with van der Waals surface area (Å²) >= 11 is 0. The highest BCUT2D eigenvalue weighted by atomic mass is 16.5. The van der Waals surface area contributed by atoms with Gasteiger partial charge in [0.2, 0.25) is 0 Å². The summed E-state index contributed by atoms with van der Waals surface area (Å²) in [7, 11) is 0. The maximum Gasteiger partial charge on any atom is 0.0626 e. The van der Waals surface area contributed by atoms with Crippen LogP contribution in [0.5, 0.6) is 0 Å². The van der Waals surface area contributed by atoms with Gasteiger partial charge in [-0.1, -0.05) is 0 Å². The van der Waals surface area contributed by atoms with Crippen LogP contribution in [-0.2, 0) is 4.74 Å². The molecule has 0 amide bonds. The minimum absolute atomic E-state index is 0.342. The smallest absolute Gasteiger partial charge is 0.0626 e. The third-order valence-electron chi connectivity index (χ3n) is 2.86. The fourth-order valence-corrected chi connectivity index (χ4v) is 2.13. The number of fused-ring (bicyclic) bond motifs is 1. The van der Waals surface area contributed by atoms with E-state index in [9.17, 15) is 0 Å². The number of hydrogen-bond acceptors (Lipinski definition) is 2. The molecule has 0 aromatic heterocycles. The lowest BCUT2D eigenvalue weighted by Gasteiger charge is -2.51. The Morgan fingerprint density at radius 3 is 2.55 bits per heavy atom.